The van der Waals surface area contributed by atoms with Crippen LogP contribution in [-0.4, -0.2) is 24.2 Å². The van der Waals surface area contributed by atoms with E-state index in [0.29, 0.717) is 12.3 Å². The van der Waals surface area contributed by atoms with E-state index < -0.39 is 6.10 Å². The van der Waals surface area contributed by atoms with Crippen molar-refractivity contribution in [1.82, 2.24) is 5.32 Å². The Balaban J connectivity index is 2.35. The highest BCUT2D eigenvalue weighted by molar-refractivity contribution is 5.77. The van der Waals surface area contributed by atoms with Crippen LogP contribution in [0.25, 0.3) is 0 Å². The van der Waals surface area contributed by atoms with E-state index in [9.17, 15) is 9.90 Å². The Bertz CT molecular complexity index is 421. The van der Waals surface area contributed by atoms with Crippen molar-refractivity contribution in [1.29, 1.82) is 5.26 Å². The molecule has 5 nitrogen and oxygen atoms in total. The third-order valence-electron chi connectivity index (χ3n) is 2.29. The maximum atomic E-state index is 11.3. The Morgan fingerprint density at radius 1 is 1.50 bits per heavy atom. The molecule has 0 unspecified atom stereocenters. The Hall–Kier alpha value is -2.06. The van der Waals surface area contributed by atoms with E-state index in [1.165, 1.54) is 0 Å². The molecule has 0 aromatic heterocycles. The predicted octanol–water partition coefficient (Wildman–Crippen LogP) is 1.15. The summed E-state index contributed by atoms with van der Waals surface area (Å²) >= 11 is 0. The molecule has 1 rings (SSSR count). The van der Waals surface area contributed by atoms with Gasteiger partial charge < -0.3 is 15.2 Å². The molecule has 1 aromatic rings. The number of nitriles is 1. The molecule has 5 heteroatoms. The van der Waals surface area contributed by atoms with Crippen molar-refractivity contribution in [3.63, 3.8) is 0 Å². The highest BCUT2D eigenvalue weighted by Crippen LogP contribution is 2.16. The number of nitrogens with zero attached hydrogens (tertiary/aromatic N) is 1. The van der Waals surface area contributed by atoms with Crippen LogP contribution in [0, 0.1) is 11.3 Å². The van der Waals surface area contributed by atoms with Gasteiger partial charge in [-0.1, -0.05) is 12.1 Å². The van der Waals surface area contributed by atoms with Gasteiger partial charge >= 0.3 is 0 Å². The fourth-order valence-electron chi connectivity index (χ4n) is 1.30. The zero-order valence-corrected chi connectivity index (χ0v) is 10.2. The number of rotatable bonds is 6. The molecular formula is C13H16N2O3. The number of hydrogen-bond donors (Lipinski definition) is 2. The van der Waals surface area contributed by atoms with E-state index in [1.54, 1.807) is 31.2 Å². The summed E-state index contributed by atoms with van der Waals surface area (Å²) in [5.41, 5.74) is 0.792. The smallest absolute Gasteiger partial charge is 0.257 e. The highest BCUT2D eigenvalue weighted by atomic mass is 16.5. The summed E-state index contributed by atoms with van der Waals surface area (Å²) in [5.74, 6) is 0.305. The molecule has 0 radical (unpaired) electrons. The van der Waals surface area contributed by atoms with Crippen molar-refractivity contribution in [3.8, 4) is 11.8 Å². The molecular weight excluding hydrogens is 232 g/mol. The second kappa shape index (κ2) is 7.30. The Morgan fingerprint density at radius 2 is 2.17 bits per heavy atom. The number of hydrogen-bond acceptors (Lipinski definition) is 4. The number of aliphatic hydroxyl groups excluding tert-OH is 1. The van der Waals surface area contributed by atoms with Gasteiger partial charge in [-0.15, -0.1) is 0 Å². The molecule has 0 bridgehead atoms. The highest BCUT2D eigenvalue weighted by Gasteiger charge is 2.03. The van der Waals surface area contributed by atoms with Crippen molar-refractivity contribution in [3.05, 3.63) is 29.8 Å². The average Bonchev–Trinajstić information content (AvgIpc) is 2.37. The van der Waals surface area contributed by atoms with Crippen LogP contribution < -0.4 is 10.1 Å². The lowest BCUT2D eigenvalue weighted by molar-refractivity contribution is -0.123. The Labute approximate surface area is 106 Å². The van der Waals surface area contributed by atoms with Gasteiger partial charge in [0, 0.05) is 6.54 Å². The molecule has 0 fully saturated rings. The molecule has 18 heavy (non-hydrogen) atoms. The molecule has 0 aliphatic carbocycles. The molecule has 1 aromatic carbocycles. The van der Waals surface area contributed by atoms with Gasteiger partial charge in [-0.3, -0.25) is 4.79 Å². The summed E-state index contributed by atoms with van der Waals surface area (Å²) in [6.07, 6.45) is -0.234. The largest absolute Gasteiger partial charge is 0.484 e. The van der Waals surface area contributed by atoms with E-state index in [0.717, 1.165) is 5.56 Å². The van der Waals surface area contributed by atoms with Gasteiger partial charge in [-0.25, -0.2) is 0 Å². The molecule has 2 N–H and O–H groups in total. The van der Waals surface area contributed by atoms with Crippen LogP contribution in [0.2, 0.25) is 0 Å². The molecule has 0 saturated heterocycles. The lowest BCUT2D eigenvalue weighted by Gasteiger charge is -2.08. The van der Waals surface area contributed by atoms with Gasteiger partial charge in [0.25, 0.3) is 5.91 Å². The van der Waals surface area contributed by atoms with E-state index in [1.807, 2.05) is 6.07 Å². The molecule has 1 atom stereocenters. The maximum Gasteiger partial charge on any atom is 0.257 e. The molecule has 0 heterocycles. The minimum atomic E-state index is -0.520. The fraction of sp³-hybridized carbons (Fsp3) is 0.385. The molecule has 0 aliphatic rings. The number of aliphatic hydroxyl groups is 1. The minimum absolute atomic E-state index is 0.0839. The zero-order valence-electron chi connectivity index (χ0n) is 10.2. The first-order chi connectivity index (χ1) is 8.63. The van der Waals surface area contributed by atoms with Gasteiger partial charge in [-0.2, -0.15) is 5.26 Å². The van der Waals surface area contributed by atoms with E-state index in [-0.39, 0.29) is 18.9 Å². The first kappa shape index (κ1) is 14.0. The van der Waals surface area contributed by atoms with Crippen LogP contribution in [-0.2, 0) is 4.79 Å². The first-order valence-electron chi connectivity index (χ1n) is 5.68. The third-order valence-corrected chi connectivity index (χ3v) is 2.29. The lowest BCUT2D eigenvalue weighted by Crippen LogP contribution is -2.29. The number of carbonyl (C=O) groups is 1. The van der Waals surface area contributed by atoms with Crippen LogP contribution in [0.4, 0.5) is 0 Å². The number of benzene rings is 1. The van der Waals surface area contributed by atoms with Crippen molar-refractivity contribution < 1.29 is 14.6 Å². The third kappa shape index (κ3) is 4.85. The Morgan fingerprint density at radius 3 is 2.72 bits per heavy atom. The second-order valence-electron chi connectivity index (χ2n) is 3.79. The summed E-state index contributed by atoms with van der Waals surface area (Å²) in [5, 5.41) is 20.2. The average molecular weight is 248 g/mol. The van der Waals surface area contributed by atoms with Crippen molar-refractivity contribution >= 4 is 5.91 Å². The molecule has 96 valence electrons. The SMILES string of the molecule is C[C@H](O)c1ccc(OCC(=O)NCCC#N)cc1. The van der Waals surface area contributed by atoms with Crippen molar-refractivity contribution in [2.45, 2.75) is 19.4 Å². The summed E-state index contributed by atoms with van der Waals surface area (Å²) in [7, 11) is 0. The summed E-state index contributed by atoms with van der Waals surface area (Å²) in [6, 6.07) is 8.82. The quantitative estimate of drug-likeness (QED) is 0.740. The fourth-order valence-corrected chi connectivity index (χ4v) is 1.30. The van der Waals surface area contributed by atoms with E-state index in [2.05, 4.69) is 5.32 Å². The standard InChI is InChI=1S/C13H16N2O3/c1-10(16)11-3-5-12(6-4-11)18-9-13(17)15-8-2-7-14/h3-6,10,16H,2,8-9H2,1H3,(H,15,17)/t10-/m0/s1. The van der Waals surface area contributed by atoms with Gasteiger partial charge in [0.1, 0.15) is 5.75 Å². The number of ether oxygens (including phenoxy) is 1. The topological polar surface area (TPSA) is 82.3 Å². The van der Waals surface area contributed by atoms with Crippen LogP contribution in [0.15, 0.2) is 24.3 Å². The molecule has 1 amide bonds. The molecule has 0 saturated carbocycles. The monoisotopic (exact) mass is 248 g/mol. The summed E-state index contributed by atoms with van der Waals surface area (Å²) in [4.78, 5) is 11.3. The van der Waals surface area contributed by atoms with Gasteiger partial charge in [0.15, 0.2) is 6.61 Å². The van der Waals surface area contributed by atoms with Crippen LogP contribution in [0.5, 0.6) is 5.75 Å². The minimum Gasteiger partial charge on any atom is -0.484 e. The zero-order chi connectivity index (χ0) is 13.4. The van der Waals surface area contributed by atoms with Crippen LogP contribution in [0.1, 0.15) is 25.0 Å². The molecule has 0 spiro atoms. The van der Waals surface area contributed by atoms with Crippen LogP contribution in [0.3, 0.4) is 0 Å². The maximum absolute atomic E-state index is 11.3. The van der Waals surface area contributed by atoms with Gasteiger partial charge in [0.2, 0.25) is 0 Å². The summed E-state index contributed by atoms with van der Waals surface area (Å²) in [6.45, 7) is 1.93. The number of nitrogens with one attached hydrogen (secondary N) is 1. The summed E-state index contributed by atoms with van der Waals surface area (Å²) < 4.78 is 5.26. The normalized spacial score (nSPS) is 11.4. The van der Waals surface area contributed by atoms with Crippen molar-refractivity contribution in [2.24, 2.45) is 0 Å². The van der Waals surface area contributed by atoms with Crippen molar-refractivity contribution in [2.75, 3.05) is 13.2 Å². The first-order valence-corrected chi connectivity index (χ1v) is 5.68. The van der Waals surface area contributed by atoms with E-state index >= 15 is 0 Å². The lowest BCUT2D eigenvalue weighted by atomic mass is 10.1. The van der Waals surface area contributed by atoms with Gasteiger partial charge in [-0.05, 0) is 24.6 Å². The number of carbonyl (C=O) groups excluding carboxylic acids is 1. The Kier molecular flexibility index (Phi) is 5.68. The van der Waals surface area contributed by atoms with Gasteiger partial charge in [0.05, 0.1) is 18.6 Å². The number of amides is 1. The molecule has 0 aliphatic heterocycles. The van der Waals surface area contributed by atoms with E-state index in [4.69, 9.17) is 10.00 Å². The second-order valence-corrected chi connectivity index (χ2v) is 3.79. The van der Waals surface area contributed by atoms with Crippen LogP contribution >= 0.6 is 0 Å². The predicted molar refractivity (Wildman–Crippen MR) is 65.8 cm³/mol.